The predicted octanol–water partition coefficient (Wildman–Crippen LogP) is 2.46. The van der Waals surface area contributed by atoms with Crippen molar-refractivity contribution < 1.29 is 0 Å². The van der Waals surface area contributed by atoms with Crippen LogP contribution in [0.25, 0.3) is 0 Å². The van der Waals surface area contributed by atoms with Crippen LogP contribution in [0.3, 0.4) is 0 Å². The molecule has 1 aromatic heterocycles. The van der Waals surface area contributed by atoms with Crippen LogP contribution in [0, 0.1) is 0 Å². The molecule has 0 aromatic carbocycles. The maximum atomic E-state index is 4.46. The fraction of sp³-hybridized carbons (Fsp3) is 0.727. The van der Waals surface area contributed by atoms with Crippen LogP contribution in [-0.2, 0) is 6.42 Å². The first kappa shape index (κ1) is 12.5. The van der Waals surface area contributed by atoms with Crippen molar-refractivity contribution in [3.8, 4) is 0 Å². The smallest absolute Gasteiger partial charge is 0.182 e. The van der Waals surface area contributed by atoms with Crippen LogP contribution in [0.15, 0.2) is 5.38 Å². The molecule has 0 aliphatic heterocycles. The summed E-state index contributed by atoms with van der Waals surface area (Å²) in [4.78, 5) is 6.68. The minimum atomic E-state index is 1.03. The van der Waals surface area contributed by atoms with E-state index in [-0.39, 0.29) is 0 Å². The highest BCUT2D eigenvalue weighted by molar-refractivity contribution is 7.13. The Balaban J connectivity index is 2.09. The van der Waals surface area contributed by atoms with Gasteiger partial charge in [0, 0.05) is 11.9 Å². The summed E-state index contributed by atoms with van der Waals surface area (Å²) in [5, 5.41) is 6.56. The van der Waals surface area contributed by atoms with E-state index >= 15 is 0 Å². The molecular weight excluding hydrogens is 206 g/mol. The van der Waals surface area contributed by atoms with Crippen molar-refractivity contribution in [3.05, 3.63) is 11.1 Å². The van der Waals surface area contributed by atoms with Crippen LogP contribution < -0.4 is 5.32 Å². The number of unbranched alkanes of at least 4 members (excludes halogenated alkanes) is 1. The first-order chi connectivity index (χ1) is 7.22. The van der Waals surface area contributed by atoms with Gasteiger partial charge in [-0.25, -0.2) is 4.98 Å². The molecule has 0 bridgehead atoms. The zero-order chi connectivity index (χ0) is 11.1. The second kappa shape index (κ2) is 6.80. The molecule has 1 N–H and O–H groups in total. The molecule has 0 fully saturated rings. The molecule has 0 spiro atoms. The van der Waals surface area contributed by atoms with Gasteiger partial charge in [0.05, 0.1) is 5.69 Å². The average molecular weight is 227 g/mol. The molecule has 0 atom stereocenters. The fourth-order valence-electron chi connectivity index (χ4n) is 1.30. The number of hydrogen-bond donors (Lipinski definition) is 1. The zero-order valence-corrected chi connectivity index (χ0v) is 10.7. The molecule has 0 unspecified atom stereocenters. The van der Waals surface area contributed by atoms with Crippen molar-refractivity contribution in [2.75, 3.05) is 32.5 Å². The monoisotopic (exact) mass is 227 g/mol. The van der Waals surface area contributed by atoms with E-state index in [0.29, 0.717) is 0 Å². The molecule has 15 heavy (non-hydrogen) atoms. The van der Waals surface area contributed by atoms with Crippen LogP contribution in [0.2, 0.25) is 0 Å². The van der Waals surface area contributed by atoms with E-state index in [4.69, 9.17) is 0 Å². The van der Waals surface area contributed by atoms with Gasteiger partial charge in [-0.05, 0) is 39.9 Å². The number of hydrogen-bond acceptors (Lipinski definition) is 4. The molecule has 0 aliphatic carbocycles. The Labute approximate surface area is 96.5 Å². The molecule has 0 amide bonds. The lowest BCUT2D eigenvalue weighted by Crippen LogP contribution is -2.14. The third-order valence-corrected chi connectivity index (χ3v) is 3.07. The summed E-state index contributed by atoms with van der Waals surface area (Å²) in [6.45, 7) is 4.33. The molecule has 0 radical (unpaired) electrons. The minimum Gasteiger partial charge on any atom is -0.362 e. The molecular formula is C11H21N3S. The van der Waals surface area contributed by atoms with Crippen molar-refractivity contribution in [1.29, 1.82) is 0 Å². The molecule has 1 aromatic rings. The molecule has 4 heteroatoms. The van der Waals surface area contributed by atoms with Gasteiger partial charge in [0.25, 0.3) is 0 Å². The largest absolute Gasteiger partial charge is 0.362 e. The summed E-state index contributed by atoms with van der Waals surface area (Å²) in [7, 11) is 4.23. The lowest BCUT2D eigenvalue weighted by molar-refractivity contribution is 0.396. The highest BCUT2D eigenvalue weighted by Gasteiger charge is 1.98. The Hall–Kier alpha value is -0.610. The normalized spacial score (nSPS) is 10.9. The number of anilines is 1. The van der Waals surface area contributed by atoms with E-state index in [0.717, 1.165) is 18.1 Å². The molecule has 3 nitrogen and oxygen atoms in total. The lowest BCUT2D eigenvalue weighted by atomic mass is 10.3. The summed E-state index contributed by atoms with van der Waals surface area (Å²) in [6, 6.07) is 0. The van der Waals surface area contributed by atoms with Crippen LogP contribution in [-0.4, -0.2) is 37.1 Å². The standard InChI is InChI=1S/C11H21N3S/c1-4-10-9-15-11(13-10)12-7-5-6-8-14(2)3/h9H,4-8H2,1-3H3,(H,12,13). The van der Waals surface area contributed by atoms with Crippen LogP contribution in [0.5, 0.6) is 0 Å². The minimum absolute atomic E-state index is 1.03. The van der Waals surface area contributed by atoms with Crippen LogP contribution in [0.1, 0.15) is 25.5 Å². The van der Waals surface area contributed by atoms with Crippen LogP contribution in [0.4, 0.5) is 5.13 Å². The van der Waals surface area contributed by atoms with Gasteiger partial charge in [0.1, 0.15) is 0 Å². The van der Waals surface area contributed by atoms with Gasteiger partial charge < -0.3 is 10.2 Å². The van der Waals surface area contributed by atoms with E-state index in [2.05, 4.69) is 41.6 Å². The van der Waals surface area contributed by atoms with E-state index in [1.165, 1.54) is 25.1 Å². The second-order valence-electron chi connectivity index (χ2n) is 3.93. The molecule has 1 heterocycles. The molecule has 0 aliphatic rings. The maximum absolute atomic E-state index is 4.46. The van der Waals surface area contributed by atoms with E-state index in [1.54, 1.807) is 11.3 Å². The topological polar surface area (TPSA) is 28.2 Å². The number of aryl methyl sites for hydroxylation is 1. The fourth-order valence-corrected chi connectivity index (χ4v) is 2.12. The molecule has 0 saturated heterocycles. The lowest BCUT2D eigenvalue weighted by Gasteiger charge is -2.08. The third kappa shape index (κ3) is 5.14. The number of aromatic nitrogens is 1. The van der Waals surface area contributed by atoms with Gasteiger partial charge in [-0.2, -0.15) is 0 Å². The van der Waals surface area contributed by atoms with Gasteiger partial charge >= 0.3 is 0 Å². The Kier molecular flexibility index (Phi) is 5.65. The Morgan fingerprint density at radius 1 is 1.40 bits per heavy atom. The first-order valence-corrected chi connectivity index (χ1v) is 6.43. The van der Waals surface area contributed by atoms with Gasteiger partial charge in [-0.15, -0.1) is 11.3 Å². The number of nitrogens with zero attached hydrogens (tertiary/aromatic N) is 2. The number of rotatable bonds is 7. The molecule has 1 rings (SSSR count). The quantitative estimate of drug-likeness (QED) is 0.725. The molecule has 86 valence electrons. The highest BCUT2D eigenvalue weighted by atomic mass is 32.1. The number of thiazole rings is 1. The summed E-state index contributed by atoms with van der Waals surface area (Å²) >= 11 is 1.71. The third-order valence-electron chi connectivity index (χ3n) is 2.22. The molecule has 0 saturated carbocycles. The van der Waals surface area contributed by atoms with E-state index < -0.39 is 0 Å². The van der Waals surface area contributed by atoms with Crippen LogP contribution >= 0.6 is 11.3 Å². The first-order valence-electron chi connectivity index (χ1n) is 5.55. The maximum Gasteiger partial charge on any atom is 0.182 e. The van der Waals surface area contributed by atoms with Crippen molar-refractivity contribution in [1.82, 2.24) is 9.88 Å². The van der Waals surface area contributed by atoms with E-state index in [9.17, 15) is 0 Å². The second-order valence-corrected chi connectivity index (χ2v) is 4.79. The zero-order valence-electron chi connectivity index (χ0n) is 9.92. The summed E-state index contributed by atoms with van der Waals surface area (Å²) in [5.74, 6) is 0. The summed E-state index contributed by atoms with van der Waals surface area (Å²) < 4.78 is 0. The Bertz CT molecular complexity index is 271. The SMILES string of the molecule is CCc1csc(NCCCCN(C)C)n1. The van der Waals surface area contributed by atoms with Crippen molar-refractivity contribution >= 4 is 16.5 Å². The number of nitrogens with one attached hydrogen (secondary N) is 1. The van der Waals surface area contributed by atoms with Gasteiger partial charge in [0.2, 0.25) is 0 Å². The van der Waals surface area contributed by atoms with Gasteiger partial charge in [0.15, 0.2) is 5.13 Å². The van der Waals surface area contributed by atoms with E-state index in [1.807, 2.05) is 0 Å². The van der Waals surface area contributed by atoms with Crippen molar-refractivity contribution in [2.45, 2.75) is 26.2 Å². The summed E-state index contributed by atoms with van der Waals surface area (Å²) in [5.41, 5.74) is 1.19. The predicted molar refractivity (Wildman–Crippen MR) is 67.8 cm³/mol. The summed E-state index contributed by atoms with van der Waals surface area (Å²) in [6.07, 6.45) is 3.48. The van der Waals surface area contributed by atoms with Crippen molar-refractivity contribution in [3.63, 3.8) is 0 Å². The van der Waals surface area contributed by atoms with Crippen molar-refractivity contribution in [2.24, 2.45) is 0 Å². The average Bonchev–Trinajstić information content (AvgIpc) is 2.65. The highest BCUT2D eigenvalue weighted by Crippen LogP contribution is 2.15. The Morgan fingerprint density at radius 3 is 2.80 bits per heavy atom. The Morgan fingerprint density at radius 2 is 2.20 bits per heavy atom. The van der Waals surface area contributed by atoms with Gasteiger partial charge in [-0.3, -0.25) is 0 Å². The van der Waals surface area contributed by atoms with Gasteiger partial charge in [-0.1, -0.05) is 6.92 Å².